The Morgan fingerprint density at radius 2 is 2.04 bits per heavy atom. The molecule has 138 valence electrons. The molecule has 1 N–H and O–H groups in total. The van der Waals surface area contributed by atoms with Crippen molar-refractivity contribution in [1.29, 1.82) is 0 Å². The molecule has 0 radical (unpaired) electrons. The lowest BCUT2D eigenvalue weighted by atomic mass is 10.2. The van der Waals surface area contributed by atoms with Gasteiger partial charge in [0.15, 0.2) is 0 Å². The normalized spacial score (nSPS) is 11.1. The first-order valence-electron chi connectivity index (χ1n) is 8.30. The van der Waals surface area contributed by atoms with Crippen LogP contribution in [0.5, 0.6) is 11.6 Å². The van der Waals surface area contributed by atoms with Crippen LogP contribution in [0.15, 0.2) is 24.8 Å². The van der Waals surface area contributed by atoms with Crippen LogP contribution in [0, 0.1) is 6.92 Å². The van der Waals surface area contributed by atoms with Gasteiger partial charge in [-0.2, -0.15) is 0 Å². The van der Waals surface area contributed by atoms with E-state index < -0.39 is 6.67 Å². The lowest BCUT2D eigenvalue weighted by Gasteiger charge is -2.10. The van der Waals surface area contributed by atoms with E-state index in [9.17, 15) is 4.39 Å². The molecule has 0 aliphatic heterocycles. The molecular weight excluding hydrogens is 337 g/mol. The van der Waals surface area contributed by atoms with Crippen molar-refractivity contribution in [3.05, 3.63) is 41.6 Å². The summed E-state index contributed by atoms with van der Waals surface area (Å²) in [7, 11) is 3.20. The first-order valence-corrected chi connectivity index (χ1v) is 8.30. The monoisotopic (exact) mass is 359 g/mol. The summed E-state index contributed by atoms with van der Waals surface area (Å²) in [5, 5.41) is 3.07. The van der Waals surface area contributed by atoms with E-state index in [0.717, 1.165) is 27.9 Å². The average molecular weight is 359 g/mol. The largest absolute Gasteiger partial charge is 0.495 e. The average Bonchev–Trinajstić information content (AvgIpc) is 3.00. The molecule has 0 aromatic carbocycles. The van der Waals surface area contributed by atoms with E-state index in [1.807, 2.05) is 19.2 Å². The summed E-state index contributed by atoms with van der Waals surface area (Å²) in [6.45, 7) is 2.92. The van der Waals surface area contributed by atoms with Crippen LogP contribution in [-0.4, -0.2) is 47.0 Å². The summed E-state index contributed by atoms with van der Waals surface area (Å²) >= 11 is 0. The number of hydrogen-bond acceptors (Lipinski definition) is 6. The molecule has 0 spiro atoms. The van der Waals surface area contributed by atoms with Crippen molar-refractivity contribution in [2.45, 2.75) is 20.0 Å². The Morgan fingerprint density at radius 1 is 1.19 bits per heavy atom. The van der Waals surface area contributed by atoms with Gasteiger partial charge in [0.1, 0.15) is 18.8 Å². The summed E-state index contributed by atoms with van der Waals surface area (Å²) in [4.78, 5) is 13.0. The van der Waals surface area contributed by atoms with Crippen molar-refractivity contribution >= 4 is 11.0 Å². The van der Waals surface area contributed by atoms with E-state index in [-0.39, 0.29) is 0 Å². The molecule has 0 aliphatic carbocycles. The SMILES string of the molecule is COc1cnc2c(CNCCF)cn(Cc3ncnc(OC)c3C)c2c1. The van der Waals surface area contributed by atoms with Gasteiger partial charge in [-0.25, -0.2) is 14.4 Å². The van der Waals surface area contributed by atoms with Gasteiger partial charge in [-0.3, -0.25) is 4.98 Å². The van der Waals surface area contributed by atoms with Gasteiger partial charge in [-0.15, -0.1) is 0 Å². The molecular formula is C18H22FN5O2. The van der Waals surface area contributed by atoms with Crippen molar-refractivity contribution in [2.75, 3.05) is 27.4 Å². The standard InChI is InChI=1S/C18H22FN5O2/c1-12-15(22-11-23-18(12)26-3)10-24-9-13(7-20-5-4-19)17-16(24)6-14(25-2)8-21-17/h6,8-9,11,20H,4-5,7,10H2,1-3H3. The Morgan fingerprint density at radius 3 is 2.77 bits per heavy atom. The summed E-state index contributed by atoms with van der Waals surface area (Å²) < 4.78 is 25.0. The molecule has 26 heavy (non-hydrogen) atoms. The first-order chi connectivity index (χ1) is 12.7. The smallest absolute Gasteiger partial charge is 0.219 e. The van der Waals surface area contributed by atoms with E-state index in [0.29, 0.717) is 31.3 Å². The molecule has 7 nitrogen and oxygen atoms in total. The summed E-state index contributed by atoms with van der Waals surface area (Å²) in [6.07, 6.45) is 5.19. The number of rotatable bonds is 8. The predicted molar refractivity (Wildman–Crippen MR) is 96.4 cm³/mol. The molecule has 0 unspecified atom stereocenters. The van der Waals surface area contributed by atoms with Crippen LogP contribution in [0.2, 0.25) is 0 Å². The van der Waals surface area contributed by atoms with Crippen LogP contribution < -0.4 is 14.8 Å². The fraction of sp³-hybridized carbons (Fsp3) is 0.389. The molecule has 3 aromatic rings. The molecule has 0 fully saturated rings. The molecule has 0 aliphatic rings. The maximum Gasteiger partial charge on any atom is 0.219 e. The van der Waals surface area contributed by atoms with E-state index in [4.69, 9.17) is 9.47 Å². The first kappa shape index (κ1) is 18.1. The van der Waals surface area contributed by atoms with Gasteiger partial charge in [0, 0.05) is 36.5 Å². The Bertz CT molecular complexity index is 897. The Balaban J connectivity index is 2.01. The number of hydrogen-bond donors (Lipinski definition) is 1. The number of fused-ring (bicyclic) bond motifs is 1. The van der Waals surface area contributed by atoms with Crippen molar-refractivity contribution in [3.63, 3.8) is 0 Å². The van der Waals surface area contributed by atoms with E-state index in [1.165, 1.54) is 6.33 Å². The zero-order valence-corrected chi connectivity index (χ0v) is 15.1. The second kappa shape index (κ2) is 8.09. The van der Waals surface area contributed by atoms with Crippen molar-refractivity contribution in [1.82, 2.24) is 24.8 Å². The van der Waals surface area contributed by atoms with Gasteiger partial charge < -0.3 is 19.4 Å². The van der Waals surface area contributed by atoms with E-state index >= 15 is 0 Å². The third-order valence-electron chi connectivity index (χ3n) is 4.25. The second-order valence-corrected chi connectivity index (χ2v) is 5.85. The molecule has 0 amide bonds. The van der Waals surface area contributed by atoms with Gasteiger partial charge in [-0.05, 0) is 6.92 Å². The highest BCUT2D eigenvalue weighted by atomic mass is 19.1. The van der Waals surface area contributed by atoms with Crippen molar-refractivity contribution in [2.24, 2.45) is 0 Å². The molecule has 0 saturated carbocycles. The number of ether oxygens (including phenoxy) is 2. The number of aromatic nitrogens is 4. The Labute approximate surface area is 151 Å². The molecule has 3 aromatic heterocycles. The lowest BCUT2D eigenvalue weighted by Crippen LogP contribution is -2.15. The fourth-order valence-corrected chi connectivity index (χ4v) is 2.88. The van der Waals surface area contributed by atoms with E-state index in [1.54, 1.807) is 20.4 Å². The van der Waals surface area contributed by atoms with Gasteiger partial charge in [0.2, 0.25) is 5.88 Å². The molecule has 0 bridgehead atoms. The molecule has 0 atom stereocenters. The number of pyridine rings is 1. The van der Waals surface area contributed by atoms with Crippen molar-refractivity contribution < 1.29 is 13.9 Å². The highest BCUT2D eigenvalue weighted by Gasteiger charge is 2.14. The number of halogens is 1. The summed E-state index contributed by atoms with van der Waals surface area (Å²) in [5.74, 6) is 1.24. The maximum absolute atomic E-state index is 12.4. The van der Waals surface area contributed by atoms with Crippen molar-refractivity contribution in [3.8, 4) is 11.6 Å². The van der Waals surface area contributed by atoms with Gasteiger partial charge in [0.25, 0.3) is 0 Å². The van der Waals surface area contributed by atoms with Crippen LogP contribution in [-0.2, 0) is 13.1 Å². The third kappa shape index (κ3) is 3.60. The third-order valence-corrected chi connectivity index (χ3v) is 4.25. The van der Waals surface area contributed by atoms with Crippen LogP contribution in [0.3, 0.4) is 0 Å². The van der Waals surface area contributed by atoms with Crippen LogP contribution in [0.25, 0.3) is 11.0 Å². The van der Waals surface area contributed by atoms with E-state index in [2.05, 4.69) is 24.8 Å². The van der Waals surface area contributed by atoms with Gasteiger partial charge in [-0.1, -0.05) is 0 Å². The number of nitrogens with one attached hydrogen (secondary N) is 1. The highest BCUT2D eigenvalue weighted by molar-refractivity contribution is 5.81. The Hall–Kier alpha value is -2.74. The van der Waals surface area contributed by atoms with Gasteiger partial charge >= 0.3 is 0 Å². The second-order valence-electron chi connectivity index (χ2n) is 5.85. The zero-order valence-electron chi connectivity index (χ0n) is 15.1. The lowest BCUT2D eigenvalue weighted by molar-refractivity contribution is 0.392. The van der Waals surface area contributed by atoms with Crippen LogP contribution in [0.1, 0.15) is 16.8 Å². The molecule has 0 saturated heterocycles. The number of methoxy groups -OCH3 is 2. The summed E-state index contributed by atoms with van der Waals surface area (Å²) in [5.41, 5.74) is 4.54. The summed E-state index contributed by atoms with van der Waals surface area (Å²) in [6, 6.07) is 1.94. The minimum absolute atomic E-state index is 0.311. The number of alkyl halides is 1. The minimum Gasteiger partial charge on any atom is -0.495 e. The molecule has 8 heteroatoms. The predicted octanol–water partition coefficient (Wildman–Crippen LogP) is 2.26. The van der Waals surface area contributed by atoms with Crippen LogP contribution >= 0.6 is 0 Å². The van der Waals surface area contributed by atoms with Crippen LogP contribution in [0.4, 0.5) is 4.39 Å². The fourth-order valence-electron chi connectivity index (χ4n) is 2.88. The molecule has 3 heterocycles. The quantitative estimate of drug-likeness (QED) is 0.622. The minimum atomic E-state index is -0.403. The van der Waals surface area contributed by atoms with Gasteiger partial charge in [0.05, 0.1) is 43.7 Å². The highest BCUT2D eigenvalue weighted by Crippen LogP contribution is 2.25. The Kier molecular flexibility index (Phi) is 5.62. The molecule has 3 rings (SSSR count). The zero-order chi connectivity index (χ0) is 18.5. The number of nitrogens with zero attached hydrogens (tertiary/aromatic N) is 4. The maximum atomic E-state index is 12.4. The topological polar surface area (TPSA) is 74.1 Å².